The van der Waals surface area contributed by atoms with Crippen LogP contribution in [0.25, 0.3) is 0 Å². The molecule has 0 saturated heterocycles. The van der Waals surface area contributed by atoms with Crippen molar-refractivity contribution >= 4 is 5.91 Å². The van der Waals surface area contributed by atoms with E-state index in [1.807, 2.05) is 6.07 Å². The van der Waals surface area contributed by atoms with E-state index in [1.165, 1.54) is 0 Å². The number of hydrogen-bond donors (Lipinski definition) is 1. The van der Waals surface area contributed by atoms with Gasteiger partial charge in [-0.2, -0.15) is 10.2 Å². The number of hydrogen-bond acceptors (Lipinski definition) is 5. The lowest BCUT2D eigenvalue weighted by molar-refractivity contribution is -0.124. The Morgan fingerprint density at radius 1 is 1.69 bits per heavy atom. The van der Waals surface area contributed by atoms with Gasteiger partial charge < -0.3 is 9.84 Å². The first-order valence-corrected chi connectivity index (χ1v) is 5.15. The molecule has 1 amide bonds. The summed E-state index contributed by atoms with van der Waals surface area (Å²) in [6, 6.07) is 2.04. The van der Waals surface area contributed by atoms with Gasteiger partial charge in [-0.3, -0.25) is 4.79 Å². The molecule has 6 heteroatoms. The monoisotopic (exact) mass is 220 g/mol. The molecule has 1 aliphatic rings. The maximum Gasteiger partial charge on any atom is 0.240 e. The van der Waals surface area contributed by atoms with Gasteiger partial charge in [0.1, 0.15) is 5.41 Å². The SMILES string of the molecule is Cc1nc(CCNC(=O)C2(C#N)CC2)no1. The maximum absolute atomic E-state index is 11.6. The summed E-state index contributed by atoms with van der Waals surface area (Å²) in [5, 5.41) is 15.2. The van der Waals surface area contributed by atoms with E-state index in [4.69, 9.17) is 9.78 Å². The third-order valence-electron chi connectivity index (χ3n) is 2.60. The zero-order valence-corrected chi connectivity index (χ0v) is 8.99. The Morgan fingerprint density at radius 2 is 2.44 bits per heavy atom. The molecule has 1 aromatic heterocycles. The highest BCUT2D eigenvalue weighted by molar-refractivity contribution is 5.88. The van der Waals surface area contributed by atoms with Crippen molar-refractivity contribution in [2.75, 3.05) is 6.54 Å². The van der Waals surface area contributed by atoms with Crippen molar-refractivity contribution < 1.29 is 9.32 Å². The van der Waals surface area contributed by atoms with Crippen molar-refractivity contribution in [2.45, 2.75) is 26.2 Å². The smallest absolute Gasteiger partial charge is 0.240 e. The van der Waals surface area contributed by atoms with Crippen LogP contribution in [0.2, 0.25) is 0 Å². The van der Waals surface area contributed by atoms with Crippen LogP contribution in [-0.2, 0) is 11.2 Å². The molecular weight excluding hydrogens is 208 g/mol. The second-order valence-corrected chi connectivity index (χ2v) is 3.93. The number of carbonyl (C=O) groups is 1. The molecule has 1 saturated carbocycles. The van der Waals surface area contributed by atoms with Gasteiger partial charge in [-0.05, 0) is 12.8 Å². The molecule has 1 aromatic rings. The minimum Gasteiger partial charge on any atom is -0.354 e. The topological polar surface area (TPSA) is 91.8 Å². The molecule has 0 aliphatic heterocycles. The van der Waals surface area contributed by atoms with Crippen LogP contribution in [0.5, 0.6) is 0 Å². The van der Waals surface area contributed by atoms with E-state index in [-0.39, 0.29) is 5.91 Å². The number of amides is 1. The summed E-state index contributed by atoms with van der Waals surface area (Å²) in [5.41, 5.74) is -0.757. The number of aromatic nitrogens is 2. The molecule has 0 radical (unpaired) electrons. The van der Waals surface area contributed by atoms with Gasteiger partial charge in [-0.15, -0.1) is 0 Å². The Labute approximate surface area is 92.6 Å². The fourth-order valence-electron chi connectivity index (χ4n) is 1.41. The highest BCUT2D eigenvalue weighted by Gasteiger charge is 2.50. The minimum atomic E-state index is -0.757. The standard InChI is InChI=1S/C10H12N4O2/c1-7-13-8(14-16-7)2-5-12-9(15)10(6-11)3-4-10/h2-5H2,1H3,(H,12,15). The summed E-state index contributed by atoms with van der Waals surface area (Å²) >= 11 is 0. The van der Waals surface area contributed by atoms with Crippen LogP contribution in [0.3, 0.4) is 0 Å². The van der Waals surface area contributed by atoms with E-state index >= 15 is 0 Å². The van der Waals surface area contributed by atoms with Gasteiger partial charge >= 0.3 is 0 Å². The lowest BCUT2D eigenvalue weighted by Gasteiger charge is -2.05. The van der Waals surface area contributed by atoms with Crippen molar-refractivity contribution in [1.82, 2.24) is 15.5 Å². The van der Waals surface area contributed by atoms with Crippen LogP contribution < -0.4 is 5.32 Å². The van der Waals surface area contributed by atoms with Gasteiger partial charge in [0.2, 0.25) is 11.8 Å². The fourth-order valence-corrected chi connectivity index (χ4v) is 1.41. The molecule has 0 unspecified atom stereocenters. The van der Waals surface area contributed by atoms with Gasteiger partial charge in [0.15, 0.2) is 5.82 Å². The van der Waals surface area contributed by atoms with Crippen LogP contribution in [-0.4, -0.2) is 22.6 Å². The second kappa shape index (κ2) is 3.93. The number of rotatable bonds is 4. The van der Waals surface area contributed by atoms with Crippen molar-refractivity contribution in [1.29, 1.82) is 5.26 Å². The normalized spacial score (nSPS) is 16.5. The molecule has 6 nitrogen and oxygen atoms in total. The third kappa shape index (κ3) is 2.03. The Kier molecular flexibility index (Phi) is 2.60. The highest BCUT2D eigenvalue weighted by atomic mass is 16.5. The molecule has 2 rings (SSSR count). The van der Waals surface area contributed by atoms with E-state index in [1.54, 1.807) is 6.92 Å². The van der Waals surface area contributed by atoms with E-state index in [0.717, 1.165) is 0 Å². The largest absolute Gasteiger partial charge is 0.354 e. The summed E-state index contributed by atoms with van der Waals surface area (Å²) in [5.74, 6) is 0.895. The number of carbonyl (C=O) groups excluding carboxylic acids is 1. The lowest BCUT2D eigenvalue weighted by Crippen LogP contribution is -2.32. The number of nitriles is 1. The van der Waals surface area contributed by atoms with Gasteiger partial charge in [0.05, 0.1) is 6.07 Å². The summed E-state index contributed by atoms with van der Waals surface area (Å²) in [6.45, 7) is 2.14. The lowest BCUT2D eigenvalue weighted by atomic mass is 10.1. The van der Waals surface area contributed by atoms with Gasteiger partial charge in [-0.1, -0.05) is 5.16 Å². The Morgan fingerprint density at radius 3 is 2.94 bits per heavy atom. The van der Waals surface area contributed by atoms with Gasteiger partial charge in [0.25, 0.3) is 0 Å². The summed E-state index contributed by atoms with van der Waals surface area (Å²) in [6.07, 6.45) is 1.85. The molecule has 1 N–H and O–H groups in total. The first-order valence-electron chi connectivity index (χ1n) is 5.15. The predicted octanol–water partition coefficient (Wildman–Crippen LogP) is 0.340. The molecule has 16 heavy (non-hydrogen) atoms. The highest BCUT2D eigenvalue weighted by Crippen LogP contribution is 2.44. The molecule has 0 bridgehead atoms. The maximum atomic E-state index is 11.6. The Balaban J connectivity index is 1.77. The van der Waals surface area contributed by atoms with Crippen LogP contribution in [0.4, 0.5) is 0 Å². The first kappa shape index (κ1) is 10.6. The van der Waals surface area contributed by atoms with Crippen molar-refractivity contribution in [3.63, 3.8) is 0 Å². The molecule has 1 fully saturated rings. The molecular formula is C10H12N4O2. The number of nitrogens with zero attached hydrogens (tertiary/aromatic N) is 3. The minimum absolute atomic E-state index is 0.185. The Hall–Kier alpha value is -1.90. The first-order chi connectivity index (χ1) is 7.66. The summed E-state index contributed by atoms with van der Waals surface area (Å²) in [4.78, 5) is 15.6. The van der Waals surface area contributed by atoms with Crippen molar-refractivity contribution in [2.24, 2.45) is 5.41 Å². The summed E-state index contributed by atoms with van der Waals surface area (Å²) < 4.78 is 4.80. The van der Waals surface area contributed by atoms with E-state index in [2.05, 4.69) is 15.5 Å². The van der Waals surface area contributed by atoms with Crippen molar-refractivity contribution in [3.05, 3.63) is 11.7 Å². The molecule has 0 atom stereocenters. The van der Waals surface area contributed by atoms with Crippen LogP contribution in [0, 0.1) is 23.7 Å². The van der Waals surface area contributed by atoms with Gasteiger partial charge in [0, 0.05) is 19.9 Å². The fraction of sp³-hybridized carbons (Fsp3) is 0.600. The van der Waals surface area contributed by atoms with Crippen LogP contribution in [0.15, 0.2) is 4.52 Å². The quantitative estimate of drug-likeness (QED) is 0.789. The van der Waals surface area contributed by atoms with Crippen LogP contribution >= 0.6 is 0 Å². The van der Waals surface area contributed by atoms with E-state index in [9.17, 15) is 4.79 Å². The molecule has 1 aliphatic carbocycles. The Bertz CT molecular complexity index is 442. The second-order valence-electron chi connectivity index (χ2n) is 3.93. The van der Waals surface area contributed by atoms with E-state index in [0.29, 0.717) is 37.5 Å². The van der Waals surface area contributed by atoms with Crippen molar-refractivity contribution in [3.8, 4) is 6.07 Å². The predicted molar refractivity (Wildman–Crippen MR) is 53.0 cm³/mol. The average Bonchev–Trinajstić information content (AvgIpc) is 2.98. The molecule has 84 valence electrons. The number of aryl methyl sites for hydroxylation is 1. The molecule has 0 spiro atoms. The van der Waals surface area contributed by atoms with E-state index < -0.39 is 5.41 Å². The summed E-state index contributed by atoms with van der Waals surface area (Å²) in [7, 11) is 0. The molecule has 1 heterocycles. The zero-order chi connectivity index (χ0) is 11.6. The zero-order valence-electron chi connectivity index (χ0n) is 8.99. The third-order valence-corrected chi connectivity index (χ3v) is 2.60. The number of nitrogens with one attached hydrogen (secondary N) is 1. The van der Waals surface area contributed by atoms with Crippen LogP contribution in [0.1, 0.15) is 24.6 Å². The molecule has 0 aromatic carbocycles. The average molecular weight is 220 g/mol. The van der Waals surface area contributed by atoms with Gasteiger partial charge in [-0.25, -0.2) is 0 Å².